The number of hydrogen-bond donors (Lipinski definition) is 1. The molecule has 9 heteroatoms. The van der Waals surface area contributed by atoms with Gasteiger partial charge in [0.15, 0.2) is 0 Å². The minimum atomic E-state index is -3.57. The Labute approximate surface area is 250 Å². The minimum Gasteiger partial charge on any atom is -0.497 e. The van der Waals surface area contributed by atoms with E-state index in [9.17, 15) is 18.0 Å². The van der Waals surface area contributed by atoms with Gasteiger partial charge in [-0.2, -0.15) is 0 Å². The van der Waals surface area contributed by atoms with Crippen LogP contribution in [0.4, 0.5) is 5.69 Å². The van der Waals surface area contributed by atoms with Gasteiger partial charge in [0.1, 0.15) is 11.8 Å². The molecule has 0 aliphatic rings. The zero-order valence-corrected chi connectivity index (χ0v) is 26.3. The lowest BCUT2D eigenvalue weighted by Crippen LogP contribution is -2.54. The van der Waals surface area contributed by atoms with Crippen molar-refractivity contribution in [1.29, 1.82) is 0 Å². The Hall–Kier alpha value is -3.85. The minimum absolute atomic E-state index is 0.0654. The van der Waals surface area contributed by atoms with Crippen molar-refractivity contribution < 1.29 is 22.7 Å². The Kier molecular flexibility index (Phi) is 11.2. The standard InChI is InChI=1S/C33H43N3O5S/c1-25-13-10-17-28(21-25)36(42(6,39)40)20-12-19-31(37)35(24-27-16-11-18-29(22-27)41-5)30(32(38)34-33(2,3)4)23-26-14-8-7-9-15-26/h7-11,13-18,21-22,30H,12,19-20,23-24H2,1-6H3,(H,34,38)/t30-/m1/s1. The molecule has 0 aliphatic carbocycles. The molecule has 3 rings (SSSR count). The fourth-order valence-electron chi connectivity index (χ4n) is 4.76. The van der Waals surface area contributed by atoms with Crippen LogP contribution in [0.5, 0.6) is 5.75 Å². The lowest BCUT2D eigenvalue weighted by molar-refractivity contribution is -0.142. The quantitative estimate of drug-likeness (QED) is 0.297. The highest BCUT2D eigenvalue weighted by Crippen LogP contribution is 2.22. The van der Waals surface area contributed by atoms with Gasteiger partial charge < -0.3 is 15.0 Å². The zero-order chi connectivity index (χ0) is 30.9. The zero-order valence-electron chi connectivity index (χ0n) is 25.5. The molecule has 0 aromatic heterocycles. The summed E-state index contributed by atoms with van der Waals surface area (Å²) in [4.78, 5) is 29.3. The number of aryl methyl sites for hydroxylation is 1. The molecule has 0 fully saturated rings. The van der Waals surface area contributed by atoms with E-state index in [4.69, 9.17) is 4.74 Å². The topological polar surface area (TPSA) is 96.0 Å². The molecule has 0 saturated heterocycles. The molecule has 0 unspecified atom stereocenters. The number of hydrogen-bond acceptors (Lipinski definition) is 5. The number of nitrogens with zero attached hydrogens (tertiary/aromatic N) is 2. The van der Waals surface area contributed by atoms with Crippen LogP contribution in [0, 0.1) is 6.92 Å². The van der Waals surface area contributed by atoms with Crippen LogP contribution in [0.25, 0.3) is 0 Å². The summed E-state index contributed by atoms with van der Waals surface area (Å²) >= 11 is 0. The van der Waals surface area contributed by atoms with Crippen molar-refractivity contribution in [1.82, 2.24) is 10.2 Å². The van der Waals surface area contributed by atoms with Gasteiger partial charge >= 0.3 is 0 Å². The average Bonchev–Trinajstić information content (AvgIpc) is 2.92. The molecule has 0 heterocycles. The highest BCUT2D eigenvalue weighted by molar-refractivity contribution is 7.92. The van der Waals surface area contributed by atoms with Crippen molar-refractivity contribution >= 4 is 27.5 Å². The number of amides is 2. The van der Waals surface area contributed by atoms with E-state index >= 15 is 0 Å². The third-order valence-electron chi connectivity index (χ3n) is 6.70. The second-order valence-corrected chi connectivity index (χ2v) is 13.5. The van der Waals surface area contributed by atoms with E-state index in [0.717, 1.165) is 16.7 Å². The van der Waals surface area contributed by atoms with Crippen LogP contribution in [-0.2, 0) is 32.6 Å². The van der Waals surface area contributed by atoms with Crippen LogP contribution in [0.15, 0.2) is 78.9 Å². The maximum absolute atomic E-state index is 14.0. The van der Waals surface area contributed by atoms with Gasteiger partial charge in [0.2, 0.25) is 21.8 Å². The molecule has 0 radical (unpaired) electrons. The summed E-state index contributed by atoms with van der Waals surface area (Å²) < 4.78 is 32.0. The van der Waals surface area contributed by atoms with Crippen molar-refractivity contribution in [3.05, 3.63) is 95.6 Å². The van der Waals surface area contributed by atoms with Gasteiger partial charge in [0, 0.05) is 31.5 Å². The SMILES string of the molecule is COc1cccc(CN(C(=O)CCCN(c2cccc(C)c2)S(C)(=O)=O)[C@H](Cc2ccccc2)C(=O)NC(C)(C)C)c1. The Balaban J connectivity index is 1.92. The molecule has 42 heavy (non-hydrogen) atoms. The number of methoxy groups -OCH3 is 1. The van der Waals surface area contributed by atoms with E-state index in [2.05, 4.69) is 5.32 Å². The summed E-state index contributed by atoms with van der Waals surface area (Å²) in [5.41, 5.74) is 2.75. The van der Waals surface area contributed by atoms with Gasteiger partial charge in [-0.25, -0.2) is 8.42 Å². The van der Waals surface area contributed by atoms with Crippen LogP contribution in [0.3, 0.4) is 0 Å². The van der Waals surface area contributed by atoms with Crippen LogP contribution in [0.1, 0.15) is 50.3 Å². The number of carbonyl (C=O) groups is 2. The first-order valence-corrected chi connectivity index (χ1v) is 15.9. The molecular formula is C33H43N3O5S. The Morgan fingerprint density at radius 1 is 0.929 bits per heavy atom. The van der Waals surface area contributed by atoms with Gasteiger partial charge in [0.25, 0.3) is 0 Å². The first-order chi connectivity index (χ1) is 19.8. The molecule has 1 atom stereocenters. The Bertz CT molecular complexity index is 1450. The highest BCUT2D eigenvalue weighted by Gasteiger charge is 2.32. The van der Waals surface area contributed by atoms with Crippen LogP contribution < -0.4 is 14.4 Å². The van der Waals surface area contributed by atoms with E-state index < -0.39 is 21.6 Å². The molecule has 2 amide bonds. The lowest BCUT2D eigenvalue weighted by atomic mass is 10.00. The number of ether oxygens (including phenoxy) is 1. The summed E-state index contributed by atoms with van der Waals surface area (Å²) in [7, 11) is -1.99. The van der Waals surface area contributed by atoms with Gasteiger partial charge in [0.05, 0.1) is 19.1 Å². The first-order valence-electron chi connectivity index (χ1n) is 14.1. The van der Waals surface area contributed by atoms with Gasteiger partial charge in [-0.1, -0.05) is 54.6 Å². The smallest absolute Gasteiger partial charge is 0.243 e. The monoisotopic (exact) mass is 593 g/mol. The fourth-order valence-corrected chi connectivity index (χ4v) is 5.72. The van der Waals surface area contributed by atoms with E-state index in [1.54, 1.807) is 18.1 Å². The van der Waals surface area contributed by atoms with Crippen molar-refractivity contribution in [2.45, 2.75) is 65.1 Å². The fraction of sp³-hybridized carbons (Fsp3) is 0.394. The molecule has 0 bridgehead atoms. The average molecular weight is 594 g/mol. The molecule has 0 spiro atoms. The molecule has 3 aromatic carbocycles. The molecule has 1 N–H and O–H groups in total. The van der Waals surface area contributed by atoms with Crippen LogP contribution >= 0.6 is 0 Å². The first kappa shape index (κ1) is 32.7. The summed E-state index contributed by atoms with van der Waals surface area (Å²) in [6.07, 6.45) is 1.85. The predicted molar refractivity (Wildman–Crippen MR) is 168 cm³/mol. The van der Waals surface area contributed by atoms with Crippen molar-refractivity contribution in [2.24, 2.45) is 0 Å². The second-order valence-electron chi connectivity index (χ2n) is 11.6. The predicted octanol–water partition coefficient (Wildman–Crippen LogP) is 5.10. The van der Waals surface area contributed by atoms with Crippen LogP contribution in [0.2, 0.25) is 0 Å². The number of nitrogens with one attached hydrogen (secondary N) is 1. The molecule has 0 aliphatic heterocycles. The van der Waals surface area contributed by atoms with Gasteiger partial charge in [-0.05, 0) is 75.1 Å². The molecular weight excluding hydrogens is 550 g/mol. The largest absolute Gasteiger partial charge is 0.497 e. The van der Waals surface area contributed by atoms with Gasteiger partial charge in [-0.15, -0.1) is 0 Å². The maximum atomic E-state index is 14.0. The normalized spacial score (nSPS) is 12.3. The summed E-state index contributed by atoms with van der Waals surface area (Å²) in [5.74, 6) is 0.168. The summed E-state index contributed by atoms with van der Waals surface area (Å²) in [6, 6.07) is 23.5. The van der Waals surface area contributed by atoms with Gasteiger partial charge in [-0.3, -0.25) is 13.9 Å². The van der Waals surface area contributed by atoms with Crippen molar-refractivity contribution in [3.63, 3.8) is 0 Å². The molecule has 8 nitrogen and oxygen atoms in total. The summed E-state index contributed by atoms with van der Waals surface area (Å²) in [6.45, 7) is 7.95. The van der Waals surface area contributed by atoms with E-state index in [1.807, 2.05) is 100 Å². The Morgan fingerprint density at radius 2 is 1.60 bits per heavy atom. The lowest BCUT2D eigenvalue weighted by Gasteiger charge is -2.34. The summed E-state index contributed by atoms with van der Waals surface area (Å²) in [5, 5.41) is 3.06. The highest BCUT2D eigenvalue weighted by atomic mass is 32.2. The van der Waals surface area contributed by atoms with E-state index in [1.165, 1.54) is 10.6 Å². The number of benzene rings is 3. The molecule has 0 saturated carbocycles. The van der Waals surface area contributed by atoms with E-state index in [0.29, 0.717) is 17.9 Å². The maximum Gasteiger partial charge on any atom is 0.243 e. The molecule has 226 valence electrons. The molecule has 3 aromatic rings. The third kappa shape index (κ3) is 9.91. The van der Waals surface area contributed by atoms with E-state index in [-0.39, 0.29) is 37.7 Å². The second kappa shape index (κ2) is 14.4. The van der Waals surface area contributed by atoms with Crippen molar-refractivity contribution in [2.75, 3.05) is 24.2 Å². The number of anilines is 1. The number of carbonyl (C=O) groups excluding carboxylic acids is 2. The van der Waals surface area contributed by atoms with Crippen LogP contribution in [-0.4, -0.2) is 56.6 Å². The van der Waals surface area contributed by atoms with Crippen molar-refractivity contribution in [3.8, 4) is 5.75 Å². The Morgan fingerprint density at radius 3 is 2.21 bits per heavy atom. The number of sulfonamides is 1. The number of rotatable bonds is 13. The third-order valence-corrected chi connectivity index (χ3v) is 7.89.